The van der Waals surface area contributed by atoms with Crippen molar-refractivity contribution in [2.24, 2.45) is 0 Å². The molecule has 30 heavy (non-hydrogen) atoms. The van der Waals surface area contributed by atoms with Crippen molar-refractivity contribution in [1.82, 2.24) is 0 Å². The van der Waals surface area contributed by atoms with Crippen LogP contribution in [0.15, 0.2) is 72.8 Å². The van der Waals surface area contributed by atoms with Crippen LogP contribution in [0.3, 0.4) is 0 Å². The molecule has 1 N–H and O–H groups in total. The molecule has 0 amide bonds. The van der Waals surface area contributed by atoms with Crippen molar-refractivity contribution >= 4 is 11.9 Å². The summed E-state index contributed by atoms with van der Waals surface area (Å²) in [4.78, 5) is 13.3. The maximum atomic E-state index is 13.3. The molecule has 0 spiro atoms. The zero-order chi connectivity index (χ0) is 21.1. The Hall–Kier alpha value is -4.04. The van der Waals surface area contributed by atoms with Gasteiger partial charge in [-0.2, -0.15) is 5.26 Å². The lowest BCUT2D eigenvalue weighted by molar-refractivity contribution is 0.0842. The highest BCUT2D eigenvalue weighted by atomic mass is 16.5. The second-order valence-corrected chi connectivity index (χ2v) is 6.91. The van der Waals surface area contributed by atoms with Gasteiger partial charge in [-0.25, -0.2) is 0 Å². The van der Waals surface area contributed by atoms with E-state index in [0.29, 0.717) is 28.2 Å². The fraction of sp³-hybridized carbons (Fsp3) is 0.120. The lowest BCUT2D eigenvalue weighted by Crippen LogP contribution is -2.34. The van der Waals surface area contributed by atoms with E-state index in [0.717, 1.165) is 5.56 Å². The number of nitrogens with zero attached hydrogens (tertiary/aromatic N) is 1. The number of fused-ring (bicyclic) bond motifs is 1. The van der Waals surface area contributed by atoms with Gasteiger partial charge >= 0.3 is 0 Å². The molecule has 148 valence electrons. The van der Waals surface area contributed by atoms with Crippen molar-refractivity contribution in [3.05, 3.63) is 95.1 Å². The predicted octanol–water partition coefficient (Wildman–Crippen LogP) is 4.71. The number of Topliss-reactive ketones (excluding diaryl/α,β-unsaturated/α-hetero) is 1. The number of ketones is 1. The van der Waals surface area contributed by atoms with E-state index in [1.807, 2.05) is 6.07 Å². The minimum absolute atomic E-state index is 0.0220. The number of nitriles is 1. The Bertz CT molecular complexity index is 1160. The summed E-state index contributed by atoms with van der Waals surface area (Å²) in [6.45, 7) is 0. The molecule has 1 aliphatic heterocycles. The molecule has 3 aromatic carbocycles. The smallest absolute Gasteiger partial charge is 0.178 e. The van der Waals surface area contributed by atoms with E-state index >= 15 is 0 Å². The molecule has 2 atom stereocenters. The monoisotopic (exact) mass is 397 g/mol. The third kappa shape index (κ3) is 3.51. The van der Waals surface area contributed by atoms with Crippen LogP contribution in [0.5, 0.6) is 17.2 Å². The molecule has 5 heteroatoms. The zero-order valence-corrected chi connectivity index (χ0v) is 16.3. The Kier molecular flexibility index (Phi) is 5.23. The number of rotatable bonds is 4. The third-order valence-corrected chi connectivity index (χ3v) is 5.14. The highest BCUT2D eigenvalue weighted by Crippen LogP contribution is 2.38. The van der Waals surface area contributed by atoms with Crippen LogP contribution >= 0.6 is 0 Å². The summed E-state index contributed by atoms with van der Waals surface area (Å²) in [5.74, 6) is 0.292. The number of methoxy groups -OCH3 is 1. The number of benzene rings is 3. The summed E-state index contributed by atoms with van der Waals surface area (Å²) in [7, 11) is 1.49. The molecule has 0 aromatic heterocycles. The quantitative estimate of drug-likeness (QED) is 0.689. The lowest BCUT2D eigenvalue weighted by atomic mass is 9.83. The maximum Gasteiger partial charge on any atom is 0.178 e. The SMILES string of the molecule is COc1cccc(/C=C/C2Oc3ccccc3C(=O)C2c2ccc(C#N)cc2)c1O. The maximum absolute atomic E-state index is 13.3. The molecule has 0 fully saturated rings. The summed E-state index contributed by atoms with van der Waals surface area (Å²) < 4.78 is 11.3. The number of aromatic hydroxyl groups is 1. The summed E-state index contributed by atoms with van der Waals surface area (Å²) in [5, 5.41) is 19.4. The molecule has 1 heterocycles. The molecular weight excluding hydrogens is 378 g/mol. The first-order valence-electron chi connectivity index (χ1n) is 9.46. The van der Waals surface area contributed by atoms with E-state index in [2.05, 4.69) is 6.07 Å². The number of hydrogen-bond donors (Lipinski definition) is 1. The Balaban J connectivity index is 1.75. The topological polar surface area (TPSA) is 79.5 Å². The molecule has 0 saturated heterocycles. The van der Waals surface area contributed by atoms with Gasteiger partial charge < -0.3 is 14.6 Å². The minimum atomic E-state index is -0.578. The summed E-state index contributed by atoms with van der Waals surface area (Å²) in [5.41, 5.74) is 2.37. The number of phenols is 1. The van der Waals surface area contributed by atoms with E-state index < -0.39 is 12.0 Å². The Morgan fingerprint density at radius 1 is 1.07 bits per heavy atom. The van der Waals surface area contributed by atoms with E-state index in [1.54, 1.807) is 72.8 Å². The number of hydrogen-bond acceptors (Lipinski definition) is 5. The van der Waals surface area contributed by atoms with Gasteiger partial charge in [0.1, 0.15) is 11.9 Å². The van der Waals surface area contributed by atoms with E-state index in [9.17, 15) is 9.90 Å². The van der Waals surface area contributed by atoms with Gasteiger partial charge in [0.05, 0.1) is 30.2 Å². The third-order valence-electron chi connectivity index (χ3n) is 5.14. The molecule has 3 aromatic rings. The van der Waals surface area contributed by atoms with Crippen molar-refractivity contribution in [2.45, 2.75) is 12.0 Å². The second kappa shape index (κ2) is 8.14. The average molecular weight is 397 g/mol. The molecular formula is C25H19NO4. The second-order valence-electron chi connectivity index (χ2n) is 6.91. The van der Waals surface area contributed by atoms with Crippen LogP contribution in [-0.2, 0) is 0 Å². The standard InChI is InChI=1S/C25H19NO4/c1-29-22-8-4-5-18(24(22)27)13-14-21-23(17-11-9-16(15-26)10-12-17)25(28)19-6-2-3-7-20(19)30-21/h2-14,21,23,27H,1H3/b14-13+. The van der Waals surface area contributed by atoms with Crippen molar-refractivity contribution < 1.29 is 19.4 Å². The highest BCUT2D eigenvalue weighted by Gasteiger charge is 2.36. The number of carbonyl (C=O) groups excluding carboxylic acids is 1. The van der Waals surface area contributed by atoms with Gasteiger partial charge in [-0.3, -0.25) is 4.79 Å². The number of phenolic OH excluding ortho intramolecular Hbond substituents is 1. The molecule has 2 unspecified atom stereocenters. The molecule has 1 aliphatic rings. The summed E-state index contributed by atoms with van der Waals surface area (Å²) >= 11 is 0. The van der Waals surface area contributed by atoms with Crippen LogP contribution < -0.4 is 9.47 Å². The van der Waals surface area contributed by atoms with E-state index in [-0.39, 0.29) is 11.5 Å². The molecule has 4 rings (SSSR count). The van der Waals surface area contributed by atoms with Gasteiger partial charge in [-0.05, 0) is 42.0 Å². The fourth-order valence-corrected chi connectivity index (χ4v) is 3.60. The molecule has 5 nitrogen and oxygen atoms in total. The summed E-state index contributed by atoms with van der Waals surface area (Å²) in [6, 6.07) is 21.4. The van der Waals surface area contributed by atoms with Crippen molar-refractivity contribution in [3.8, 4) is 23.3 Å². The average Bonchev–Trinajstić information content (AvgIpc) is 2.79. The lowest BCUT2D eigenvalue weighted by Gasteiger charge is -2.31. The van der Waals surface area contributed by atoms with Crippen LogP contribution in [0.1, 0.15) is 33.0 Å². The Morgan fingerprint density at radius 2 is 1.83 bits per heavy atom. The fourth-order valence-electron chi connectivity index (χ4n) is 3.60. The van der Waals surface area contributed by atoms with Crippen molar-refractivity contribution in [2.75, 3.05) is 7.11 Å². The first-order chi connectivity index (χ1) is 14.6. The molecule has 0 radical (unpaired) electrons. The molecule has 0 bridgehead atoms. The molecule has 0 saturated carbocycles. The zero-order valence-electron chi connectivity index (χ0n) is 16.3. The normalized spacial score (nSPS) is 17.8. The number of ether oxygens (including phenoxy) is 2. The first-order valence-corrected chi connectivity index (χ1v) is 9.46. The summed E-state index contributed by atoms with van der Waals surface area (Å²) in [6.07, 6.45) is 2.91. The van der Waals surface area contributed by atoms with Gasteiger partial charge in [0.25, 0.3) is 0 Å². The van der Waals surface area contributed by atoms with Gasteiger partial charge in [0, 0.05) is 5.56 Å². The number of para-hydroxylation sites is 2. The Morgan fingerprint density at radius 3 is 2.57 bits per heavy atom. The van der Waals surface area contributed by atoms with Crippen LogP contribution in [0, 0.1) is 11.3 Å². The van der Waals surface area contributed by atoms with Gasteiger partial charge in [-0.1, -0.05) is 42.5 Å². The highest BCUT2D eigenvalue weighted by molar-refractivity contribution is 6.04. The first kappa shape index (κ1) is 19.3. The van der Waals surface area contributed by atoms with Crippen LogP contribution in [-0.4, -0.2) is 24.1 Å². The van der Waals surface area contributed by atoms with Gasteiger partial charge in [-0.15, -0.1) is 0 Å². The number of carbonyl (C=O) groups is 1. The van der Waals surface area contributed by atoms with Gasteiger partial charge in [0.15, 0.2) is 17.3 Å². The van der Waals surface area contributed by atoms with E-state index in [1.165, 1.54) is 7.11 Å². The van der Waals surface area contributed by atoms with Crippen LogP contribution in [0.4, 0.5) is 0 Å². The van der Waals surface area contributed by atoms with E-state index in [4.69, 9.17) is 14.7 Å². The Labute approximate surface area is 174 Å². The van der Waals surface area contributed by atoms with Crippen molar-refractivity contribution in [1.29, 1.82) is 5.26 Å². The molecule has 0 aliphatic carbocycles. The van der Waals surface area contributed by atoms with Crippen molar-refractivity contribution in [3.63, 3.8) is 0 Å². The minimum Gasteiger partial charge on any atom is -0.504 e. The largest absolute Gasteiger partial charge is 0.504 e. The van der Waals surface area contributed by atoms with Crippen LogP contribution in [0.25, 0.3) is 6.08 Å². The van der Waals surface area contributed by atoms with Crippen LogP contribution in [0.2, 0.25) is 0 Å². The predicted molar refractivity (Wildman–Crippen MR) is 113 cm³/mol. The van der Waals surface area contributed by atoms with Gasteiger partial charge in [0.2, 0.25) is 0 Å².